The average molecular weight is 324 g/mol. The van der Waals surface area contributed by atoms with Gasteiger partial charge in [0, 0.05) is 18.7 Å². The number of aryl methyl sites for hydroxylation is 1. The van der Waals surface area contributed by atoms with Crippen LogP contribution in [0.2, 0.25) is 0 Å². The lowest BCUT2D eigenvalue weighted by atomic mass is 10.1. The van der Waals surface area contributed by atoms with E-state index < -0.39 is 6.10 Å². The summed E-state index contributed by atoms with van der Waals surface area (Å²) in [6.07, 6.45) is -0.319. The van der Waals surface area contributed by atoms with Crippen LogP contribution in [-0.2, 0) is 9.59 Å². The van der Waals surface area contributed by atoms with Crippen molar-refractivity contribution in [1.82, 2.24) is 0 Å². The molecule has 1 aliphatic rings. The summed E-state index contributed by atoms with van der Waals surface area (Å²) < 4.78 is 5.60. The highest BCUT2D eigenvalue weighted by atomic mass is 16.5. The number of nitrogens with one attached hydrogen (secondary N) is 1. The van der Waals surface area contributed by atoms with Crippen LogP contribution in [0.3, 0.4) is 0 Å². The van der Waals surface area contributed by atoms with E-state index in [1.165, 1.54) is 0 Å². The van der Waals surface area contributed by atoms with Gasteiger partial charge in [0.05, 0.1) is 5.69 Å². The molecule has 5 heteroatoms. The summed E-state index contributed by atoms with van der Waals surface area (Å²) in [6.45, 7) is 4.01. The Kier molecular flexibility index (Phi) is 4.51. The summed E-state index contributed by atoms with van der Waals surface area (Å²) in [7, 11) is 0. The van der Waals surface area contributed by atoms with Gasteiger partial charge in [0.25, 0.3) is 5.91 Å². The molecule has 0 radical (unpaired) electrons. The molecule has 0 aliphatic carbocycles. The van der Waals surface area contributed by atoms with Crippen LogP contribution in [0.1, 0.15) is 18.9 Å². The fraction of sp³-hybridized carbons (Fsp3) is 0.263. The monoisotopic (exact) mass is 324 g/mol. The Bertz CT molecular complexity index is 773. The number of para-hydroxylation sites is 2. The quantitative estimate of drug-likeness (QED) is 0.940. The number of hydrogen-bond acceptors (Lipinski definition) is 3. The molecular weight excluding hydrogens is 304 g/mol. The topological polar surface area (TPSA) is 58.6 Å². The molecule has 2 aromatic rings. The van der Waals surface area contributed by atoms with Gasteiger partial charge >= 0.3 is 0 Å². The zero-order valence-electron chi connectivity index (χ0n) is 13.8. The van der Waals surface area contributed by atoms with Crippen molar-refractivity contribution in [2.24, 2.45) is 0 Å². The van der Waals surface area contributed by atoms with Crippen LogP contribution in [-0.4, -0.2) is 24.5 Å². The van der Waals surface area contributed by atoms with Crippen LogP contribution < -0.4 is 15.0 Å². The number of rotatable bonds is 4. The zero-order chi connectivity index (χ0) is 17.1. The Hall–Kier alpha value is -2.82. The summed E-state index contributed by atoms with van der Waals surface area (Å²) in [6, 6.07) is 15.0. The van der Waals surface area contributed by atoms with Crippen LogP contribution in [0.15, 0.2) is 48.5 Å². The van der Waals surface area contributed by atoms with Crippen molar-refractivity contribution < 1.29 is 14.3 Å². The predicted octanol–water partition coefficient (Wildman–Crippen LogP) is 3.14. The third-order valence-electron chi connectivity index (χ3n) is 3.94. The molecular formula is C19H20N2O3. The second-order valence-corrected chi connectivity index (χ2v) is 5.89. The first-order chi connectivity index (χ1) is 11.5. The smallest absolute Gasteiger partial charge is 0.267 e. The number of anilines is 2. The highest BCUT2D eigenvalue weighted by Crippen LogP contribution is 2.33. The number of benzene rings is 2. The summed E-state index contributed by atoms with van der Waals surface area (Å²) in [5.41, 5.74) is 2.56. The molecule has 0 saturated carbocycles. The van der Waals surface area contributed by atoms with Gasteiger partial charge in [-0.1, -0.05) is 24.3 Å². The van der Waals surface area contributed by atoms with Gasteiger partial charge in [0.2, 0.25) is 5.91 Å². The third kappa shape index (κ3) is 3.40. The van der Waals surface area contributed by atoms with E-state index >= 15 is 0 Å². The summed E-state index contributed by atoms with van der Waals surface area (Å²) >= 11 is 0. The van der Waals surface area contributed by atoms with Gasteiger partial charge in [-0.15, -0.1) is 0 Å². The lowest BCUT2D eigenvalue weighted by Crippen LogP contribution is -2.45. The van der Waals surface area contributed by atoms with E-state index in [0.29, 0.717) is 18.0 Å². The van der Waals surface area contributed by atoms with Gasteiger partial charge in [0.1, 0.15) is 5.75 Å². The first-order valence-corrected chi connectivity index (χ1v) is 7.98. The Morgan fingerprint density at radius 3 is 2.79 bits per heavy atom. The minimum atomic E-state index is -0.542. The number of fused-ring (bicyclic) bond motifs is 1. The van der Waals surface area contributed by atoms with E-state index in [1.807, 2.05) is 55.5 Å². The maximum Gasteiger partial charge on any atom is 0.267 e. The molecule has 1 N–H and O–H groups in total. The average Bonchev–Trinajstić information content (AvgIpc) is 2.55. The second kappa shape index (κ2) is 6.74. The third-order valence-corrected chi connectivity index (χ3v) is 3.94. The molecule has 2 aromatic carbocycles. The van der Waals surface area contributed by atoms with Crippen LogP contribution in [0, 0.1) is 6.92 Å². The number of carbonyl (C=O) groups is 2. The molecule has 24 heavy (non-hydrogen) atoms. The lowest BCUT2D eigenvalue weighted by molar-refractivity contribution is -0.125. The largest absolute Gasteiger partial charge is 0.479 e. The molecule has 5 nitrogen and oxygen atoms in total. The van der Waals surface area contributed by atoms with Crippen molar-refractivity contribution >= 4 is 23.2 Å². The molecule has 0 unspecified atom stereocenters. The number of nitrogens with zero attached hydrogens (tertiary/aromatic N) is 1. The molecule has 0 saturated heterocycles. The van der Waals surface area contributed by atoms with Gasteiger partial charge in [-0.25, -0.2) is 0 Å². The van der Waals surface area contributed by atoms with Crippen LogP contribution in [0.5, 0.6) is 5.75 Å². The van der Waals surface area contributed by atoms with E-state index in [0.717, 1.165) is 11.3 Å². The lowest BCUT2D eigenvalue weighted by Gasteiger charge is -2.32. The van der Waals surface area contributed by atoms with Gasteiger partial charge < -0.3 is 15.0 Å². The molecule has 0 aromatic heterocycles. The van der Waals surface area contributed by atoms with Crippen molar-refractivity contribution in [1.29, 1.82) is 0 Å². The molecule has 3 rings (SSSR count). The standard InChI is InChI=1S/C19H20N2O3/c1-13-6-5-7-15(12-13)20-18(22)10-11-21-16-8-3-4-9-17(16)24-14(2)19(21)23/h3-9,12,14H,10-11H2,1-2H3,(H,20,22)/t14-/m0/s1. The second-order valence-electron chi connectivity index (χ2n) is 5.89. The summed E-state index contributed by atoms with van der Waals surface area (Å²) in [5.74, 6) is 0.422. The number of amides is 2. The van der Waals surface area contributed by atoms with E-state index in [2.05, 4.69) is 5.32 Å². The number of carbonyl (C=O) groups excluding carboxylic acids is 2. The van der Waals surface area contributed by atoms with Gasteiger partial charge in [-0.2, -0.15) is 0 Å². The molecule has 0 spiro atoms. The molecule has 1 atom stereocenters. The molecule has 0 fully saturated rings. The fourth-order valence-corrected chi connectivity index (χ4v) is 2.75. The van der Waals surface area contributed by atoms with Gasteiger partial charge in [-0.3, -0.25) is 9.59 Å². The number of ether oxygens (including phenoxy) is 1. The normalized spacial score (nSPS) is 16.3. The van der Waals surface area contributed by atoms with E-state index in [1.54, 1.807) is 11.8 Å². The van der Waals surface area contributed by atoms with Gasteiger partial charge in [-0.05, 0) is 43.7 Å². The predicted molar refractivity (Wildman–Crippen MR) is 93.3 cm³/mol. The fourth-order valence-electron chi connectivity index (χ4n) is 2.75. The molecule has 1 heterocycles. The van der Waals surface area contributed by atoms with E-state index in [-0.39, 0.29) is 18.2 Å². The van der Waals surface area contributed by atoms with Crippen molar-refractivity contribution in [3.8, 4) is 5.75 Å². The summed E-state index contributed by atoms with van der Waals surface area (Å²) in [5, 5.41) is 2.86. The number of hydrogen-bond donors (Lipinski definition) is 1. The van der Waals surface area contributed by atoms with E-state index in [9.17, 15) is 9.59 Å². The Balaban J connectivity index is 1.67. The highest BCUT2D eigenvalue weighted by molar-refractivity contribution is 6.00. The molecule has 0 bridgehead atoms. The molecule has 124 valence electrons. The SMILES string of the molecule is Cc1cccc(NC(=O)CCN2C(=O)[C@H](C)Oc3ccccc32)c1. The maximum absolute atomic E-state index is 12.4. The van der Waals surface area contributed by atoms with Crippen molar-refractivity contribution in [2.75, 3.05) is 16.8 Å². The maximum atomic E-state index is 12.4. The first kappa shape index (κ1) is 16.1. The highest BCUT2D eigenvalue weighted by Gasteiger charge is 2.31. The first-order valence-electron chi connectivity index (χ1n) is 7.98. The minimum Gasteiger partial charge on any atom is -0.479 e. The van der Waals surface area contributed by atoms with E-state index in [4.69, 9.17) is 4.74 Å². The summed E-state index contributed by atoms with van der Waals surface area (Å²) in [4.78, 5) is 26.2. The van der Waals surface area contributed by atoms with Crippen molar-refractivity contribution in [3.05, 3.63) is 54.1 Å². The molecule has 1 aliphatic heterocycles. The van der Waals surface area contributed by atoms with Crippen LogP contribution >= 0.6 is 0 Å². The molecule has 2 amide bonds. The van der Waals surface area contributed by atoms with Gasteiger partial charge in [0.15, 0.2) is 6.10 Å². The Labute approximate surface area is 141 Å². The Morgan fingerprint density at radius 1 is 1.21 bits per heavy atom. The van der Waals surface area contributed by atoms with Crippen molar-refractivity contribution in [2.45, 2.75) is 26.4 Å². The van der Waals surface area contributed by atoms with Crippen LogP contribution in [0.4, 0.5) is 11.4 Å². The minimum absolute atomic E-state index is 0.120. The Morgan fingerprint density at radius 2 is 2.00 bits per heavy atom. The zero-order valence-corrected chi connectivity index (χ0v) is 13.8. The van der Waals surface area contributed by atoms with Crippen LogP contribution in [0.25, 0.3) is 0 Å². The van der Waals surface area contributed by atoms with Crippen molar-refractivity contribution in [3.63, 3.8) is 0 Å².